The summed E-state index contributed by atoms with van der Waals surface area (Å²) in [6, 6.07) is 0.0385. The van der Waals surface area contributed by atoms with Crippen LogP contribution in [0.3, 0.4) is 0 Å². The Kier molecular flexibility index (Phi) is 6.97. The molecule has 0 bridgehead atoms. The van der Waals surface area contributed by atoms with E-state index in [0.717, 1.165) is 39.0 Å². The first-order chi connectivity index (χ1) is 10.3. The number of unbranched alkanes of at least 4 members (excludes halogenated alkanes) is 1. The number of hydrogen-bond acceptors (Lipinski definition) is 3. The van der Waals surface area contributed by atoms with Crippen molar-refractivity contribution in [3.63, 3.8) is 0 Å². The second-order valence-corrected chi connectivity index (χ2v) is 6.47. The van der Waals surface area contributed by atoms with Crippen LogP contribution in [0.15, 0.2) is 0 Å². The first kappa shape index (κ1) is 16.8. The molecule has 122 valence electrons. The van der Waals surface area contributed by atoms with Crippen LogP contribution < -0.4 is 5.32 Å². The van der Waals surface area contributed by atoms with Crippen molar-refractivity contribution in [1.82, 2.24) is 10.2 Å². The lowest BCUT2D eigenvalue weighted by molar-refractivity contribution is -0.130. The molecule has 1 saturated heterocycles. The van der Waals surface area contributed by atoms with E-state index in [-0.39, 0.29) is 12.2 Å². The molecule has 0 aromatic heterocycles. The number of nitrogens with one attached hydrogen (secondary N) is 1. The molecule has 21 heavy (non-hydrogen) atoms. The number of hydrogen-bond donors (Lipinski definition) is 1. The number of nitrogens with zero attached hydrogens (tertiary/aromatic N) is 1. The maximum atomic E-state index is 12.5. The lowest BCUT2D eigenvalue weighted by Crippen LogP contribution is -2.43. The summed E-state index contributed by atoms with van der Waals surface area (Å²) in [7, 11) is 0. The van der Waals surface area contributed by atoms with E-state index < -0.39 is 0 Å². The Labute approximate surface area is 129 Å². The van der Waals surface area contributed by atoms with Gasteiger partial charge in [-0.15, -0.1) is 0 Å². The molecule has 0 aromatic rings. The van der Waals surface area contributed by atoms with Crippen molar-refractivity contribution in [3.05, 3.63) is 0 Å². The lowest BCUT2D eigenvalue weighted by Gasteiger charge is -2.29. The Morgan fingerprint density at radius 3 is 2.57 bits per heavy atom. The zero-order valence-corrected chi connectivity index (χ0v) is 13.8. The van der Waals surface area contributed by atoms with Crippen LogP contribution in [0.2, 0.25) is 0 Å². The van der Waals surface area contributed by atoms with Gasteiger partial charge in [0.05, 0.1) is 12.2 Å². The first-order valence-electron chi connectivity index (χ1n) is 8.92. The predicted octanol–water partition coefficient (Wildman–Crippen LogP) is 2.92. The molecule has 2 atom stereocenters. The van der Waals surface area contributed by atoms with E-state index in [1.165, 1.54) is 32.1 Å². The van der Waals surface area contributed by atoms with Crippen LogP contribution in [-0.2, 0) is 9.53 Å². The van der Waals surface area contributed by atoms with E-state index in [1.54, 1.807) is 0 Å². The predicted molar refractivity (Wildman–Crippen MR) is 85.0 cm³/mol. The summed E-state index contributed by atoms with van der Waals surface area (Å²) in [5.74, 6) is 0.967. The van der Waals surface area contributed by atoms with Crippen molar-refractivity contribution in [2.24, 2.45) is 5.92 Å². The third kappa shape index (κ3) is 4.43. The number of rotatable bonds is 9. The van der Waals surface area contributed by atoms with Gasteiger partial charge in [0.2, 0.25) is 5.91 Å². The van der Waals surface area contributed by atoms with Crippen molar-refractivity contribution in [2.45, 2.75) is 77.4 Å². The zero-order valence-electron chi connectivity index (χ0n) is 13.8. The second kappa shape index (κ2) is 8.74. The molecule has 2 fully saturated rings. The smallest absolute Gasteiger partial charge is 0.241 e. The Balaban J connectivity index is 1.80. The normalized spacial score (nSPS) is 27.0. The van der Waals surface area contributed by atoms with Crippen LogP contribution in [0.4, 0.5) is 0 Å². The summed E-state index contributed by atoms with van der Waals surface area (Å²) in [6.07, 6.45) is 9.62. The van der Waals surface area contributed by atoms with Gasteiger partial charge in [-0.3, -0.25) is 10.1 Å². The Morgan fingerprint density at radius 2 is 1.90 bits per heavy atom. The van der Waals surface area contributed by atoms with Gasteiger partial charge < -0.3 is 9.64 Å². The molecule has 0 aromatic carbocycles. The largest absolute Gasteiger partial charge is 0.381 e. The van der Waals surface area contributed by atoms with Gasteiger partial charge in [0.15, 0.2) is 0 Å². The van der Waals surface area contributed by atoms with Crippen LogP contribution in [0.1, 0.15) is 65.2 Å². The van der Waals surface area contributed by atoms with Crippen LogP contribution in [-0.4, -0.2) is 42.8 Å². The van der Waals surface area contributed by atoms with Crippen molar-refractivity contribution >= 4 is 5.91 Å². The minimum Gasteiger partial charge on any atom is -0.381 e. The summed E-state index contributed by atoms with van der Waals surface area (Å²) in [5.41, 5.74) is 0. The maximum absolute atomic E-state index is 12.5. The van der Waals surface area contributed by atoms with E-state index in [0.29, 0.717) is 11.8 Å². The minimum absolute atomic E-state index is 0.0385. The number of amides is 1. The van der Waals surface area contributed by atoms with Gasteiger partial charge in [0, 0.05) is 19.8 Å². The number of ether oxygens (including phenoxy) is 1. The highest BCUT2D eigenvalue weighted by atomic mass is 16.5. The molecule has 1 aliphatic carbocycles. The Bertz CT molecular complexity index is 316. The van der Waals surface area contributed by atoms with Crippen molar-refractivity contribution in [3.8, 4) is 0 Å². The van der Waals surface area contributed by atoms with Gasteiger partial charge in [-0.25, -0.2) is 0 Å². The Hall–Kier alpha value is -0.610. The fourth-order valence-corrected chi connectivity index (χ4v) is 3.60. The van der Waals surface area contributed by atoms with Gasteiger partial charge in [-0.2, -0.15) is 0 Å². The molecule has 1 N–H and O–H groups in total. The first-order valence-corrected chi connectivity index (χ1v) is 8.92. The van der Waals surface area contributed by atoms with Gasteiger partial charge >= 0.3 is 0 Å². The molecule has 1 aliphatic heterocycles. The Morgan fingerprint density at radius 1 is 1.19 bits per heavy atom. The molecule has 2 unspecified atom stereocenters. The summed E-state index contributed by atoms with van der Waals surface area (Å²) in [6.45, 7) is 6.74. The van der Waals surface area contributed by atoms with Gasteiger partial charge in [-0.05, 0) is 38.0 Å². The lowest BCUT2D eigenvalue weighted by atomic mass is 10.0. The molecule has 2 rings (SSSR count). The van der Waals surface area contributed by atoms with Gasteiger partial charge in [0.1, 0.15) is 0 Å². The highest BCUT2D eigenvalue weighted by molar-refractivity contribution is 5.84. The summed E-state index contributed by atoms with van der Waals surface area (Å²) < 4.78 is 5.62. The average molecular weight is 296 g/mol. The third-order valence-corrected chi connectivity index (χ3v) is 4.87. The van der Waals surface area contributed by atoms with Crippen LogP contribution in [0.5, 0.6) is 0 Å². The third-order valence-electron chi connectivity index (χ3n) is 4.87. The second-order valence-electron chi connectivity index (χ2n) is 6.47. The molecule has 1 heterocycles. The molecule has 1 saturated carbocycles. The monoisotopic (exact) mass is 296 g/mol. The van der Waals surface area contributed by atoms with Gasteiger partial charge in [0.25, 0.3) is 0 Å². The van der Waals surface area contributed by atoms with Crippen LogP contribution in [0.25, 0.3) is 0 Å². The molecule has 2 aliphatic rings. The molecule has 4 heteroatoms. The maximum Gasteiger partial charge on any atom is 0.241 e. The van der Waals surface area contributed by atoms with Crippen molar-refractivity contribution < 1.29 is 9.53 Å². The average Bonchev–Trinajstić information content (AvgIpc) is 3.11. The topological polar surface area (TPSA) is 41.6 Å². The molecular formula is C17H32N2O2. The van der Waals surface area contributed by atoms with E-state index in [2.05, 4.69) is 24.1 Å². The fourth-order valence-electron chi connectivity index (χ4n) is 3.60. The van der Waals surface area contributed by atoms with Crippen molar-refractivity contribution in [2.75, 3.05) is 19.8 Å². The fraction of sp³-hybridized carbons (Fsp3) is 0.941. The molecule has 1 amide bonds. The quantitative estimate of drug-likeness (QED) is 0.665. The summed E-state index contributed by atoms with van der Waals surface area (Å²) in [5, 5.41) is 3.58. The molecule has 4 nitrogen and oxygen atoms in total. The standard InChI is InChI=1S/C17H32N2O2/c1-3-5-12-21-13-8-11-19-16(14-9-6-7-10-14)18-15(4-2)17(19)20/h14-16,18H,3-13H2,1-2H3. The van der Waals surface area contributed by atoms with Gasteiger partial charge in [-0.1, -0.05) is 33.1 Å². The van der Waals surface area contributed by atoms with E-state index in [1.807, 2.05) is 0 Å². The van der Waals surface area contributed by atoms with Crippen molar-refractivity contribution in [1.29, 1.82) is 0 Å². The zero-order chi connectivity index (χ0) is 15.1. The van der Waals surface area contributed by atoms with E-state index in [4.69, 9.17) is 4.74 Å². The number of carbonyl (C=O) groups excluding carboxylic acids is 1. The minimum atomic E-state index is 0.0385. The van der Waals surface area contributed by atoms with Crippen LogP contribution in [0, 0.1) is 5.92 Å². The number of carbonyl (C=O) groups is 1. The summed E-state index contributed by atoms with van der Waals surface area (Å²) in [4.78, 5) is 14.6. The van der Waals surface area contributed by atoms with Crippen LogP contribution >= 0.6 is 0 Å². The van der Waals surface area contributed by atoms with E-state index in [9.17, 15) is 4.79 Å². The SMILES string of the molecule is CCCCOCCCN1C(=O)C(CC)NC1C1CCCC1. The molecular weight excluding hydrogens is 264 g/mol. The molecule has 0 radical (unpaired) electrons. The van der Waals surface area contributed by atoms with E-state index >= 15 is 0 Å². The highest BCUT2D eigenvalue weighted by Gasteiger charge is 2.41. The highest BCUT2D eigenvalue weighted by Crippen LogP contribution is 2.32. The summed E-state index contributed by atoms with van der Waals surface area (Å²) >= 11 is 0. The molecule has 0 spiro atoms.